The van der Waals surface area contributed by atoms with Crippen molar-refractivity contribution < 1.29 is 9.59 Å². The lowest BCUT2D eigenvalue weighted by Gasteiger charge is -2.21. The number of benzene rings is 1. The highest BCUT2D eigenvalue weighted by atomic mass is 16.2. The number of carbonyl (C=O) groups is 2. The third kappa shape index (κ3) is 2.10. The van der Waals surface area contributed by atoms with Crippen molar-refractivity contribution in [3.05, 3.63) is 29.8 Å². The molecule has 1 heterocycles. The molecule has 0 saturated heterocycles. The summed E-state index contributed by atoms with van der Waals surface area (Å²) >= 11 is 0. The number of rotatable bonds is 3. The Kier molecular flexibility index (Phi) is 2.78. The van der Waals surface area contributed by atoms with Crippen LogP contribution in [0, 0.1) is 5.92 Å². The van der Waals surface area contributed by atoms with E-state index in [2.05, 4.69) is 5.32 Å². The molecule has 94 valence electrons. The van der Waals surface area contributed by atoms with Crippen LogP contribution in [0.5, 0.6) is 0 Å². The molecule has 2 amide bonds. The quantitative estimate of drug-likeness (QED) is 0.877. The first-order chi connectivity index (χ1) is 8.75. The number of hydrogen-bond acceptors (Lipinski definition) is 2. The van der Waals surface area contributed by atoms with Crippen molar-refractivity contribution in [2.75, 3.05) is 18.0 Å². The van der Waals surface area contributed by atoms with E-state index in [4.69, 9.17) is 0 Å². The number of fused-ring (bicyclic) bond motifs is 1. The van der Waals surface area contributed by atoms with Crippen molar-refractivity contribution in [2.45, 2.75) is 19.3 Å². The topological polar surface area (TPSA) is 49.4 Å². The molecule has 1 aliphatic carbocycles. The predicted molar refractivity (Wildman–Crippen MR) is 68.5 cm³/mol. The van der Waals surface area contributed by atoms with Crippen LogP contribution in [0.1, 0.15) is 29.6 Å². The van der Waals surface area contributed by atoms with Gasteiger partial charge in [0.25, 0.3) is 5.91 Å². The van der Waals surface area contributed by atoms with Gasteiger partial charge in [-0.3, -0.25) is 9.59 Å². The largest absolute Gasteiger partial charge is 0.343 e. The van der Waals surface area contributed by atoms with Crippen LogP contribution in [-0.4, -0.2) is 24.9 Å². The number of carbonyl (C=O) groups excluding carboxylic acids is 2. The monoisotopic (exact) mass is 244 g/mol. The fraction of sp³-hybridized carbons (Fsp3) is 0.429. The van der Waals surface area contributed by atoms with Crippen LogP contribution in [0.2, 0.25) is 0 Å². The van der Waals surface area contributed by atoms with E-state index in [1.54, 1.807) is 11.0 Å². The highest BCUT2D eigenvalue weighted by Gasteiger charge is 2.28. The summed E-state index contributed by atoms with van der Waals surface area (Å²) in [4.78, 5) is 25.7. The minimum atomic E-state index is -0.159. The Hall–Kier alpha value is -1.84. The summed E-state index contributed by atoms with van der Waals surface area (Å²) in [5.74, 6) is 0.596. The minimum absolute atomic E-state index is 0.0195. The highest BCUT2D eigenvalue weighted by Crippen LogP contribution is 2.33. The summed E-state index contributed by atoms with van der Waals surface area (Å²) in [5.41, 5.74) is 1.34. The van der Waals surface area contributed by atoms with Gasteiger partial charge in [-0.15, -0.1) is 0 Å². The van der Waals surface area contributed by atoms with Gasteiger partial charge in [-0.25, -0.2) is 0 Å². The van der Waals surface area contributed by atoms with E-state index in [1.165, 1.54) is 12.8 Å². The average Bonchev–Trinajstić information content (AvgIpc) is 3.20. The van der Waals surface area contributed by atoms with Gasteiger partial charge in [0.2, 0.25) is 5.91 Å². The van der Waals surface area contributed by atoms with Crippen LogP contribution in [0.15, 0.2) is 24.3 Å². The maximum atomic E-state index is 12.1. The van der Waals surface area contributed by atoms with Gasteiger partial charge in [0.15, 0.2) is 0 Å². The molecule has 0 atom stereocenters. The Balaban J connectivity index is 1.90. The van der Waals surface area contributed by atoms with Gasteiger partial charge < -0.3 is 10.2 Å². The smallest absolute Gasteiger partial charge is 0.253 e. The van der Waals surface area contributed by atoms with Gasteiger partial charge >= 0.3 is 0 Å². The number of hydrogen-bond donors (Lipinski definition) is 1. The molecule has 4 nitrogen and oxygen atoms in total. The fourth-order valence-corrected chi connectivity index (χ4v) is 2.35. The normalized spacial score (nSPS) is 19.2. The van der Waals surface area contributed by atoms with Gasteiger partial charge in [0.05, 0.1) is 17.8 Å². The zero-order chi connectivity index (χ0) is 12.5. The molecule has 4 heteroatoms. The van der Waals surface area contributed by atoms with E-state index < -0.39 is 0 Å². The first-order valence-electron chi connectivity index (χ1n) is 6.43. The number of para-hydroxylation sites is 1. The molecule has 1 aliphatic heterocycles. The molecule has 0 radical (unpaired) electrons. The molecule has 1 aromatic carbocycles. The molecule has 1 N–H and O–H groups in total. The second-order valence-corrected chi connectivity index (χ2v) is 4.98. The lowest BCUT2D eigenvalue weighted by atomic mass is 10.1. The van der Waals surface area contributed by atoms with Crippen molar-refractivity contribution in [1.82, 2.24) is 5.32 Å². The Labute approximate surface area is 106 Å². The fourth-order valence-electron chi connectivity index (χ4n) is 2.35. The van der Waals surface area contributed by atoms with E-state index in [-0.39, 0.29) is 18.4 Å². The first-order valence-corrected chi connectivity index (χ1v) is 6.43. The molecule has 0 unspecified atom stereocenters. The van der Waals surface area contributed by atoms with Crippen LogP contribution in [0.3, 0.4) is 0 Å². The molecule has 1 aromatic rings. The average molecular weight is 244 g/mol. The number of anilines is 1. The van der Waals surface area contributed by atoms with Gasteiger partial charge in [0, 0.05) is 6.54 Å². The molecule has 1 fully saturated rings. The molecule has 2 aliphatic rings. The SMILES string of the molecule is O=C1NCC(=O)N(CCC2CC2)c2ccccc21. The number of amides is 2. The summed E-state index contributed by atoms with van der Waals surface area (Å²) < 4.78 is 0. The molecular formula is C14H16N2O2. The number of nitrogens with one attached hydrogen (secondary N) is 1. The van der Waals surface area contributed by atoms with Gasteiger partial charge in [-0.2, -0.15) is 0 Å². The van der Waals surface area contributed by atoms with Gasteiger partial charge in [0.1, 0.15) is 0 Å². The maximum Gasteiger partial charge on any atom is 0.253 e. The molecule has 0 aromatic heterocycles. The van der Waals surface area contributed by atoms with E-state index in [9.17, 15) is 9.59 Å². The molecule has 18 heavy (non-hydrogen) atoms. The first kappa shape index (κ1) is 11.3. The van der Waals surface area contributed by atoms with Crippen molar-refractivity contribution in [3.63, 3.8) is 0 Å². The third-order valence-corrected chi connectivity index (χ3v) is 3.60. The van der Waals surface area contributed by atoms with E-state index in [0.29, 0.717) is 5.56 Å². The lowest BCUT2D eigenvalue weighted by molar-refractivity contribution is -0.117. The second kappa shape index (κ2) is 4.44. The van der Waals surface area contributed by atoms with Crippen LogP contribution < -0.4 is 10.2 Å². The third-order valence-electron chi connectivity index (χ3n) is 3.60. The van der Waals surface area contributed by atoms with Crippen LogP contribution in [0.25, 0.3) is 0 Å². The molecule has 1 saturated carbocycles. The summed E-state index contributed by atoms with van der Waals surface area (Å²) in [7, 11) is 0. The second-order valence-electron chi connectivity index (χ2n) is 4.98. The lowest BCUT2D eigenvalue weighted by Crippen LogP contribution is -2.37. The molecule has 0 spiro atoms. The predicted octanol–water partition coefficient (Wildman–Crippen LogP) is 1.56. The highest BCUT2D eigenvalue weighted by molar-refractivity contribution is 6.09. The van der Waals surface area contributed by atoms with Crippen molar-refractivity contribution >= 4 is 17.5 Å². The molecular weight excluding hydrogens is 228 g/mol. The standard InChI is InChI=1S/C14H16N2O2/c17-13-9-15-14(18)11-3-1-2-4-12(11)16(13)8-7-10-5-6-10/h1-4,10H,5-9H2,(H,15,18). The van der Waals surface area contributed by atoms with Gasteiger partial charge in [-0.1, -0.05) is 25.0 Å². The van der Waals surface area contributed by atoms with Crippen LogP contribution in [-0.2, 0) is 4.79 Å². The summed E-state index contributed by atoms with van der Waals surface area (Å²) in [6, 6.07) is 7.32. The van der Waals surface area contributed by atoms with Gasteiger partial charge in [-0.05, 0) is 24.5 Å². The van der Waals surface area contributed by atoms with Crippen LogP contribution in [0.4, 0.5) is 5.69 Å². The van der Waals surface area contributed by atoms with E-state index in [0.717, 1.165) is 24.6 Å². The Morgan fingerprint density at radius 2 is 2.00 bits per heavy atom. The van der Waals surface area contributed by atoms with Crippen LogP contribution >= 0.6 is 0 Å². The molecule has 0 bridgehead atoms. The Morgan fingerprint density at radius 3 is 2.78 bits per heavy atom. The number of nitrogens with zero attached hydrogens (tertiary/aromatic N) is 1. The summed E-state index contributed by atoms with van der Waals surface area (Å²) in [5, 5.41) is 2.65. The Morgan fingerprint density at radius 1 is 1.22 bits per heavy atom. The van der Waals surface area contributed by atoms with Crippen molar-refractivity contribution in [2.24, 2.45) is 5.92 Å². The van der Waals surface area contributed by atoms with E-state index >= 15 is 0 Å². The zero-order valence-corrected chi connectivity index (χ0v) is 10.2. The Bertz CT molecular complexity index is 494. The van der Waals surface area contributed by atoms with Crippen molar-refractivity contribution in [3.8, 4) is 0 Å². The minimum Gasteiger partial charge on any atom is -0.343 e. The van der Waals surface area contributed by atoms with E-state index in [1.807, 2.05) is 18.2 Å². The summed E-state index contributed by atoms with van der Waals surface area (Å²) in [6.45, 7) is 0.813. The summed E-state index contributed by atoms with van der Waals surface area (Å²) in [6.07, 6.45) is 3.59. The van der Waals surface area contributed by atoms with Crippen molar-refractivity contribution in [1.29, 1.82) is 0 Å². The maximum absolute atomic E-state index is 12.1. The zero-order valence-electron chi connectivity index (χ0n) is 10.2. The molecule has 3 rings (SSSR count).